The molecule has 0 spiro atoms. The first-order valence-electron chi connectivity index (χ1n) is 7.49. The van der Waals surface area contributed by atoms with Gasteiger partial charge in [0.15, 0.2) is 0 Å². The Morgan fingerprint density at radius 2 is 2.17 bits per heavy atom. The maximum absolute atomic E-state index is 12.1. The van der Waals surface area contributed by atoms with Gasteiger partial charge in [-0.3, -0.25) is 4.79 Å². The number of benzene rings is 1. The van der Waals surface area contributed by atoms with Crippen LogP contribution in [-0.4, -0.2) is 28.6 Å². The zero-order valence-corrected chi connectivity index (χ0v) is 13.9. The molecule has 2 heterocycles. The SMILES string of the molecule is Cc1ncsc1-c1ccc([C@H](C)NC(=O)C2=C[C@@H](O)CN2)cc1. The topological polar surface area (TPSA) is 74.2 Å². The molecule has 0 saturated heterocycles. The number of aryl methyl sites for hydroxylation is 1. The molecule has 6 heteroatoms. The summed E-state index contributed by atoms with van der Waals surface area (Å²) in [6.45, 7) is 4.33. The van der Waals surface area contributed by atoms with Crippen LogP contribution in [0.4, 0.5) is 0 Å². The van der Waals surface area contributed by atoms with Crippen molar-refractivity contribution in [1.29, 1.82) is 0 Å². The first-order chi connectivity index (χ1) is 11.0. The van der Waals surface area contributed by atoms with Crippen LogP contribution in [0.15, 0.2) is 41.5 Å². The number of hydrogen-bond donors (Lipinski definition) is 3. The molecular formula is C17H19N3O2S. The monoisotopic (exact) mass is 329 g/mol. The number of aliphatic hydroxyl groups excluding tert-OH is 1. The number of carbonyl (C=O) groups is 1. The van der Waals surface area contributed by atoms with Gasteiger partial charge in [0.05, 0.1) is 33.9 Å². The van der Waals surface area contributed by atoms with Crippen LogP contribution >= 0.6 is 11.3 Å². The highest BCUT2D eigenvalue weighted by Gasteiger charge is 2.20. The Bertz CT molecular complexity index is 737. The van der Waals surface area contributed by atoms with Gasteiger partial charge in [0.25, 0.3) is 5.91 Å². The van der Waals surface area contributed by atoms with E-state index < -0.39 is 6.10 Å². The number of nitrogens with one attached hydrogen (secondary N) is 2. The van der Waals surface area contributed by atoms with Crippen LogP contribution < -0.4 is 10.6 Å². The molecule has 3 N–H and O–H groups in total. The molecular weight excluding hydrogens is 310 g/mol. The summed E-state index contributed by atoms with van der Waals surface area (Å²) in [5.41, 5.74) is 5.47. The van der Waals surface area contributed by atoms with Crippen molar-refractivity contribution < 1.29 is 9.90 Å². The second kappa shape index (κ2) is 6.52. The van der Waals surface area contributed by atoms with Crippen LogP contribution in [0.1, 0.15) is 24.2 Å². The minimum atomic E-state index is -0.590. The van der Waals surface area contributed by atoms with Crippen molar-refractivity contribution in [2.45, 2.75) is 26.0 Å². The molecule has 2 atom stereocenters. The molecule has 0 fully saturated rings. The second-order valence-corrected chi connectivity index (χ2v) is 6.47. The third-order valence-electron chi connectivity index (χ3n) is 3.87. The summed E-state index contributed by atoms with van der Waals surface area (Å²) in [5.74, 6) is -0.198. The molecule has 1 aromatic heterocycles. The van der Waals surface area contributed by atoms with Crippen molar-refractivity contribution in [3.8, 4) is 10.4 Å². The molecule has 3 rings (SSSR count). The molecule has 1 aromatic carbocycles. The minimum absolute atomic E-state index is 0.112. The van der Waals surface area contributed by atoms with E-state index in [4.69, 9.17) is 0 Å². The fourth-order valence-electron chi connectivity index (χ4n) is 2.54. The predicted molar refractivity (Wildman–Crippen MR) is 90.9 cm³/mol. The molecule has 1 aliphatic heterocycles. The van der Waals surface area contributed by atoms with Crippen molar-refractivity contribution in [2.75, 3.05) is 6.54 Å². The van der Waals surface area contributed by atoms with E-state index in [2.05, 4.69) is 27.8 Å². The highest BCUT2D eigenvalue weighted by atomic mass is 32.1. The van der Waals surface area contributed by atoms with E-state index in [1.54, 1.807) is 11.3 Å². The van der Waals surface area contributed by atoms with E-state index in [1.165, 1.54) is 11.0 Å². The zero-order valence-electron chi connectivity index (χ0n) is 13.0. The maximum Gasteiger partial charge on any atom is 0.267 e. The molecule has 5 nitrogen and oxygen atoms in total. The zero-order chi connectivity index (χ0) is 16.4. The van der Waals surface area contributed by atoms with Crippen molar-refractivity contribution >= 4 is 17.2 Å². The number of carbonyl (C=O) groups excluding carboxylic acids is 1. The number of amides is 1. The van der Waals surface area contributed by atoms with Crippen molar-refractivity contribution in [3.63, 3.8) is 0 Å². The first kappa shape index (κ1) is 15.7. The summed E-state index contributed by atoms with van der Waals surface area (Å²) in [6.07, 6.45) is 0.950. The number of β-amino-alcohol motifs (C(OH)–C–C–N with tert-alkyl or cyclic N) is 1. The molecule has 1 aliphatic rings. The number of rotatable bonds is 4. The fourth-order valence-corrected chi connectivity index (χ4v) is 3.35. The Labute approximate surface area is 139 Å². The Morgan fingerprint density at radius 3 is 2.74 bits per heavy atom. The quantitative estimate of drug-likeness (QED) is 0.803. The van der Waals surface area contributed by atoms with E-state index >= 15 is 0 Å². The number of thiazole rings is 1. The van der Waals surface area contributed by atoms with Gasteiger partial charge in [-0.25, -0.2) is 4.98 Å². The van der Waals surface area contributed by atoms with Crippen molar-refractivity contribution in [2.24, 2.45) is 0 Å². The Kier molecular flexibility index (Phi) is 4.45. The third-order valence-corrected chi connectivity index (χ3v) is 4.85. The maximum atomic E-state index is 12.1. The molecule has 23 heavy (non-hydrogen) atoms. The molecule has 0 aliphatic carbocycles. The van der Waals surface area contributed by atoms with Gasteiger partial charge in [-0.15, -0.1) is 11.3 Å². The van der Waals surface area contributed by atoms with Crippen LogP contribution in [0, 0.1) is 6.92 Å². The van der Waals surface area contributed by atoms with Crippen LogP contribution in [-0.2, 0) is 4.79 Å². The molecule has 1 amide bonds. The summed E-state index contributed by atoms with van der Waals surface area (Å²) in [6, 6.07) is 8.03. The normalized spacial score (nSPS) is 18.2. The van der Waals surface area contributed by atoms with Gasteiger partial charge in [-0.1, -0.05) is 24.3 Å². The predicted octanol–water partition coefficient (Wildman–Crippen LogP) is 2.14. The number of aliphatic hydroxyl groups is 1. The summed E-state index contributed by atoms with van der Waals surface area (Å²) < 4.78 is 0. The molecule has 0 saturated carbocycles. The highest BCUT2D eigenvalue weighted by Crippen LogP contribution is 2.28. The highest BCUT2D eigenvalue weighted by molar-refractivity contribution is 7.13. The van der Waals surface area contributed by atoms with E-state index in [0.717, 1.165) is 16.8 Å². The summed E-state index contributed by atoms with van der Waals surface area (Å²) in [5, 5.41) is 15.2. The van der Waals surface area contributed by atoms with E-state index in [1.807, 2.05) is 31.5 Å². The van der Waals surface area contributed by atoms with Crippen molar-refractivity contribution in [3.05, 3.63) is 52.8 Å². The number of hydrogen-bond acceptors (Lipinski definition) is 5. The number of nitrogens with zero attached hydrogens (tertiary/aromatic N) is 1. The van der Waals surface area contributed by atoms with Crippen LogP contribution in [0.3, 0.4) is 0 Å². The van der Waals surface area contributed by atoms with Crippen molar-refractivity contribution in [1.82, 2.24) is 15.6 Å². The second-order valence-electron chi connectivity index (χ2n) is 5.61. The lowest BCUT2D eigenvalue weighted by Crippen LogP contribution is -2.32. The standard InChI is InChI=1S/C17H19N3O2S/c1-10(20-17(22)15-7-14(21)8-18-15)12-3-5-13(6-4-12)16-11(2)19-9-23-16/h3-7,9-10,14,18,21H,8H2,1-2H3,(H,20,22)/t10-,14+/m0/s1. The lowest BCUT2D eigenvalue weighted by atomic mass is 10.0. The van der Waals surface area contributed by atoms with Gasteiger partial charge in [0.1, 0.15) is 0 Å². The summed E-state index contributed by atoms with van der Waals surface area (Å²) in [4.78, 5) is 17.6. The Hall–Kier alpha value is -2.18. The average molecular weight is 329 g/mol. The van der Waals surface area contributed by atoms with Crippen LogP contribution in [0.5, 0.6) is 0 Å². The Balaban J connectivity index is 1.68. The molecule has 2 aromatic rings. The van der Waals surface area contributed by atoms with Gasteiger partial charge >= 0.3 is 0 Å². The van der Waals surface area contributed by atoms with Crippen LogP contribution in [0.25, 0.3) is 10.4 Å². The van der Waals surface area contributed by atoms with E-state index in [9.17, 15) is 9.90 Å². The van der Waals surface area contributed by atoms with E-state index in [-0.39, 0.29) is 11.9 Å². The van der Waals surface area contributed by atoms with Gasteiger partial charge in [-0.05, 0) is 31.1 Å². The molecule has 0 bridgehead atoms. The third kappa shape index (κ3) is 3.43. The lowest BCUT2D eigenvalue weighted by Gasteiger charge is -2.15. The number of aromatic nitrogens is 1. The van der Waals surface area contributed by atoms with E-state index in [0.29, 0.717) is 12.2 Å². The van der Waals surface area contributed by atoms with Gasteiger partial charge in [0, 0.05) is 6.54 Å². The largest absolute Gasteiger partial charge is 0.387 e. The summed E-state index contributed by atoms with van der Waals surface area (Å²) >= 11 is 1.62. The first-order valence-corrected chi connectivity index (χ1v) is 8.37. The smallest absolute Gasteiger partial charge is 0.267 e. The molecule has 0 radical (unpaired) electrons. The van der Waals surface area contributed by atoms with Crippen LogP contribution in [0.2, 0.25) is 0 Å². The summed E-state index contributed by atoms with van der Waals surface area (Å²) in [7, 11) is 0. The molecule has 0 unspecified atom stereocenters. The lowest BCUT2D eigenvalue weighted by molar-refractivity contribution is -0.118. The van der Waals surface area contributed by atoms with Gasteiger partial charge in [0.2, 0.25) is 0 Å². The fraction of sp³-hybridized carbons (Fsp3) is 0.294. The van der Waals surface area contributed by atoms with Gasteiger partial charge < -0.3 is 15.7 Å². The average Bonchev–Trinajstić information content (AvgIpc) is 3.16. The minimum Gasteiger partial charge on any atom is -0.387 e. The molecule has 120 valence electrons. The van der Waals surface area contributed by atoms with Gasteiger partial charge in [-0.2, -0.15) is 0 Å². The Morgan fingerprint density at radius 1 is 1.43 bits per heavy atom.